The van der Waals surface area contributed by atoms with Gasteiger partial charge in [0, 0.05) is 10.0 Å². The van der Waals surface area contributed by atoms with E-state index in [1.54, 1.807) is 18.2 Å². The normalized spacial score (nSPS) is 10.0. The average molecular weight is 440 g/mol. The summed E-state index contributed by atoms with van der Waals surface area (Å²) in [4.78, 5) is 16.8. The van der Waals surface area contributed by atoms with Gasteiger partial charge < -0.3 is 19.5 Å². The van der Waals surface area contributed by atoms with Crippen molar-refractivity contribution in [1.29, 1.82) is 0 Å². The SMILES string of the molecule is COc1cc(C(=O)NC(=S)Nc2ccc(Br)c(C)n2)cc(OC)c1OC. The zero-order chi connectivity index (χ0) is 19.3. The van der Waals surface area contributed by atoms with E-state index in [1.165, 1.54) is 21.3 Å². The molecule has 2 aromatic rings. The number of anilines is 1. The summed E-state index contributed by atoms with van der Waals surface area (Å²) in [6.45, 7) is 1.85. The van der Waals surface area contributed by atoms with Crippen molar-refractivity contribution in [1.82, 2.24) is 10.3 Å². The van der Waals surface area contributed by atoms with Crippen LogP contribution in [0.2, 0.25) is 0 Å². The van der Waals surface area contributed by atoms with Crippen molar-refractivity contribution in [3.8, 4) is 17.2 Å². The van der Waals surface area contributed by atoms with Crippen LogP contribution in [0.1, 0.15) is 16.1 Å². The second kappa shape index (κ2) is 8.81. The number of nitrogens with one attached hydrogen (secondary N) is 2. The number of ether oxygens (including phenoxy) is 3. The molecule has 1 aromatic carbocycles. The molecule has 26 heavy (non-hydrogen) atoms. The Hall–Kier alpha value is -2.39. The van der Waals surface area contributed by atoms with Gasteiger partial charge in [0.2, 0.25) is 5.75 Å². The number of rotatable bonds is 5. The zero-order valence-corrected chi connectivity index (χ0v) is 17.1. The summed E-state index contributed by atoms with van der Waals surface area (Å²) in [6.07, 6.45) is 0. The van der Waals surface area contributed by atoms with Crippen LogP contribution >= 0.6 is 28.1 Å². The van der Waals surface area contributed by atoms with Crippen LogP contribution in [-0.4, -0.2) is 37.3 Å². The molecule has 0 aliphatic heterocycles. The smallest absolute Gasteiger partial charge is 0.257 e. The quantitative estimate of drug-likeness (QED) is 0.691. The predicted molar refractivity (Wildman–Crippen MR) is 106 cm³/mol. The summed E-state index contributed by atoms with van der Waals surface area (Å²) in [6, 6.07) is 6.67. The second-order valence-corrected chi connectivity index (χ2v) is 6.35. The highest BCUT2D eigenvalue weighted by Gasteiger charge is 2.17. The number of methoxy groups -OCH3 is 3. The Morgan fingerprint density at radius 2 is 1.73 bits per heavy atom. The third kappa shape index (κ3) is 4.61. The third-order valence-electron chi connectivity index (χ3n) is 3.42. The van der Waals surface area contributed by atoms with Gasteiger partial charge in [0.05, 0.1) is 27.0 Å². The van der Waals surface area contributed by atoms with Crippen LogP contribution in [0.15, 0.2) is 28.7 Å². The van der Waals surface area contributed by atoms with E-state index in [9.17, 15) is 4.79 Å². The lowest BCUT2D eigenvalue weighted by atomic mass is 10.1. The Balaban J connectivity index is 2.15. The minimum absolute atomic E-state index is 0.123. The van der Waals surface area contributed by atoms with Gasteiger partial charge in [0.25, 0.3) is 5.91 Å². The fraction of sp³-hybridized carbons (Fsp3) is 0.235. The molecule has 0 saturated heterocycles. The molecule has 1 heterocycles. The van der Waals surface area contributed by atoms with Crippen LogP contribution in [0.25, 0.3) is 0 Å². The van der Waals surface area contributed by atoms with E-state index < -0.39 is 5.91 Å². The summed E-state index contributed by atoms with van der Waals surface area (Å²) in [7, 11) is 4.45. The standard InChI is InChI=1S/C17H18BrN3O4S/c1-9-11(18)5-6-14(19-9)20-17(26)21-16(22)10-7-12(23-2)15(25-4)13(8-10)24-3/h5-8H,1-4H3,(H2,19,20,21,22,26). The summed E-state index contributed by atoms with van der Waals surface area (Å²) < 4.78 is 16.6. The minimum Gasteiger partial charge on any atom is -0.493 e. The van der Waals surface area contributed by atoms with Crippen molar-refractivity contribution in [3.63, 3.8) is 0 Å². The van der Waals surface area contributed by atoms with Crippen LogP contribution in [-0.2, 0) is 0 Å². The van der Waals surface area contributed by atoms with Gasteiger partial charge in [-0.3, -0.25) is 10.1 Å². The summed E-state index contributed by atoms with van der Waals surface area (Å²) in [5.41, 5.74) is 1.11. The number of nitrogens with zero attached hydrogens (tertiary/aromatic N) is 1. The monoisotopic (exact) mass is 439 g/mol. The average Bonchev–Trinajstić information content (AvgIpc) is 2.63. The van der Waals surface area contributed by atoms with Crippen LogP contribution in [0.5, 0.6) is 17.2 Å². The van der Waals surface area contributed by atoms with Crippen molar-refractivity contribution in [2.45, 2.75) is 6.92 Å². The van der Waals surface area contributed by atoms with Gasteiger partial charge >= 0.3 is 0 Å². The number of pyridine rings is 1. The molecule has 0 aliphatic rings. The van der Waals surface area contributed by atoms with Gasteiger partial charge in [-0.1, -0.05) is 0 Å². The number of carbonyl (C=O) groups is 1. The van der Waals surface area contributed by atoms with Crippen LogP contribution < -0.4 is 24.8 Å². The molecule has 0 aliphatic carbocycles. The number of benzene rings is 1. The minimum atomic E-state index is -0.421. The Morgan fingerprint density at radius 1 is 1.12 bits per heavy atom. The van der Waals surface area contributed by atoms with Crippen molar-refractivity contribution in [2.75, 3.05) is 26.6 Å². The molecule has 0 saturated carbocycles. The fourth-order valence-electron chi connectivity index (χ4n) is 2.15. The second-order valence-electron chi connectivity index (χ2n) is 5.09. The number of aryl methyl sites for hydroxylation is 1. The van der Waals surface area contributed by atoms with E-state index in [2.05, 4.69) is 31.5 Å². The molecule has 0 spiro atoms. The number of halogens is 1. The number of hydrogen-bond acceptors (Lipinski definition) is 6. The predicted octanol–water partition coefficient (Wildman–Crippen LogP) is 3.31. The van der Waals surface area contributed by atoms with Crippen molar-refractivity contribution in [3.05, 3.63) is 40.0 Å². The first-order valence-corrected chi connectivity index (χ1v) is 8.65. The lowest BCUT2D eigenvalue weighted by Crippen LogP contribution is -2.34. The van der Waals surface area contributed by atoms with Gasteiger partial charge in [0.15, 0.2) is 16.6 Å². The maximum absolute atomic E-state index is 12.5. The number of carbonyl (C=O) groups excluding carboxylic acids is 1. The molecule has 0 bridgehead atoms. The zero-order valence-electron chi connectivity index (χ0n) is 14.7. The molecule has 2 N–H and O–H groups in total. The molecule has 1 amide bonds. The van der Waals surface area contributed by atoms with Crippen LogP contribution in [0.4, 0.5) is 5.82 Å². The highest BCUT2D eigenvalue weighted by Crippen LogP contribution is 2.38. The maximum atomic E-state index is 12.5. The van der Waals surface area contributed by atoms with E-state index in [-0.39, 0.29) is 5.11 Å². The molecule has 9 heteroatoms. The van der Waals surface area contributed by atoms with Crippen molar-refractivity contribution in [2.24, 2.45) is 0 Å². The maximum Gasteiger partial charge on any atom is 0.257 e. The molecule has 0 unspecified atom stereocenters. The lowest BCUT2D eigenvalue weighted by molar-refractivity contribution is 0.0977. The van der Waals surface area contributed by atoms with Gasteiger partial charge in [-0.25, -0.2) is 4.98 Å². The van der Waals surface area contributed by atoms with Gasteiger partial charge in [0.1, 0.15) is 5.82 Å². The molecule has 1 aromatic heterocycles. The van der Waals surface area contributed by atoms with Gasteiger partial charge in [-0.05, 0) is 59.3 Å². The van der Waals surface area contributed by atoms with E-state index in [0.717, 1.165) is 10.2 Å². The van der Waals surface area contributed by atoms with Crippen molar-refractivity contribution >= 4 is 45.0 Å². The number of amides is 1. The number of hydrogen-bond donors (Lipinski definition) is 2. The van der Waals surface area contributed by atoms with E-state index in [4.69, 9.17) is 26.4 Å². The Morgan fingerprint density at radius 3 is 2.23 bits per heavy atom. The topological polar surface area (TPSA) is 81.7 Å². The Kier molecular flexibility index (Phi) is 6.76. The first-order valence-electron chi connectivity index (χ1n) is 7.45. The third-order valence-corrected chi connectivity index (χ3v) is 4.46. The molecule has 2 rings (SSSR count). The molecule has 7 nitrogen and oxygen atoms in total. The van der Waals surface area contributed by atoms with Crippen LogP contribution in [0.3, 0.4) is 0 Å². The van der Waals surface area contributed by atoms with E-state index in [0.29, 0.717) is 28.6 Å². The summed E-state index contributed by atoms with van der Waals surface area (Å²) >= 11 is 8.56. The molecule has 0 fully saturated rings. The summed E-state index contributed by atoms with van der Waals surface area (Å²) in [5, 5.41) is 5.59. The number of thiocarbonyl (C=S) groups is 1. The highest BCUT2D eigenvalue weighted by molar-refractivity contribution is 9.10. The van der Waals surface area contributed by atoms with Crippen LogP contribution in [0, 0.1) is 6.92 Å². The molecule has 0 atom stereocenters. The van der Waals surface area contributed by atoms with Gasteiger partial charge in [-0.2, -0.15) is 0 Å². The molecular formula is C17H18BrN3O4S. The Labute approximate surface area is 165 Å². The highest BCUT2D eigenvalue weighted by atomic mass is 79.9. The largest absolute Gasteiger partial charge is 0.493 e. The Bertz CT molecular complexity index is 820. The summed E-state index contributed by atoms with van der Waals surface area (Å²) in [5.74, 6) is 1.26. The first-order chi connectivity index (χ1) is 12.4. The van der Waals surface area contributed by atoms with E-state index >= 15 is 0 Å². The number of aromatic nitrogens is 1. The molecular weight excluding hydrogens is 422 g/mol. The molecule has 0 radical (unpaired) electrons. The fourth-order valence-corrected chi connectivity index (χ4v) is 2.57. The van der Waals surface area contributed by atoms with Gasteiger partial charge in [-0.15, -0.1) is 0 Å². The first kappa shape index (κ1) is 19.9. The molecule has 138 valence electrons. The lowest BCUT2D eigenvalue weighted by Gasteiger charge is -2.14. The van der Waals surface area contributed by atoms with Crippen molar-refractivity contribution < 1.29 is 19.0 Å². The van der Waals surface area contributed by atoms with E-state index in [1.807, 2.05) is 13.0 Å².